The lowest BCUT2D eigenvalue weighted by molar-refractivity contribution is 0.285. The minimum Gasteiger partial charge on any atom is -0.486 e. The SMILES string of the molecule is Nc1ccccc1COc1cc(Br)cc(F)c1F. The third-order valence-electron chi connectivity index (χ3n) is 2.40. The summed E-state index contributed by atoms with van der Waals surface area (Å²) in [7, 11) is 0. The summed E-state index contributed by atoms with van der Waals surface area (Å²) in [6.07, 6.45) is 0. The van der Waals surface area contributed by atoms with Crippen LogP contribution in [0.1, 0.15) is 5.56 Å². The predicted octanol–water partition coefficient (Wildman–Crippen LogP) is 3.89. The van der Waals surface area contributed by atoms with Crippen molar-refractivity contribution in [3.63, 3.8) is 0 Å². The van der Waals surface area contributed by atoms with E-state index >= 15 is 0 Å². The van der Waals surface area contributed by atoms with E-state index in [2.05, 4.69) is 15.9 Å². The van der Waals surface area contributed by atoms with Gasteiger partial charge in [0.25, 0.3) is 0 Å². The molecule has 0 radical (unpaired) electrons. The summed E-state index contributed by atoms with van der Waals surface area (Å²) in [5.74, 6) is -2.11. The fourth-order valence-electron chi connectivity index (χ4n) is 1.46. The van der Waals surface area contributed by atoms with Crippen molar-refractivity contribution in [2.45, 2.75) is 6.61 Å². The minimum atomic E-state index is -1.01. The highest BCUT2D eigenvalue weighted by Crippen LogP contribution is 2.26. The smallest absolute Gasteiger partial charge is 0.200 e. The molecule has 18 heavy (non-hydrogen) atoms. The quantitative estimate of drug-likeness (QED) is 0.689. The summed E-state index contributed by atoms with van der Waals surface area (Å²) >= 11 is 3.08. The molecule has 94 valence electrons. The molecular weight excluding hydrogens is 304 g/mol. The third kappa shape index (κ3) is 2.79. The third-order valence-corrected chi connectivity index (χ3v) is 2.86. The Kier molecular flexibility index (Phi) is 3.81. The number of hydrogen-bond acceptors (Lipinski definition) is 2. The van der Waals surface area contributed by atoms with Crippen molar-refractivity contribution in [3.8, 4) is 5.75 Å². The van der Waals surface area contributed by atoms with Crippen LogP contribution < -0.4 is 10.5 Å². The van der Waals surface area contributed by atoms with Crippen LogP contribution in [0.3, 0.4) is 0 Å². The van der Waals surface area contributed by atoms with Gasteiger partial charge < -0.3 is 10.5 Å². The Bertz CT molecular complexity index is 575. The van der Waals surface area contributed by atoms with Crippen molar-refractivity contribution in [3.05, 3.63) is 58.1 Å². The summed E-state index contributed by atoms with van der Waals surface area (Å²) in [5.41, 5.74) is 6.99. The number of ether oxygens (including phenoxy) is 1. The van der Waals surface area contributed by atoms with Crippen LogP contribution in [0.15, 0.2) is 40.9 Å². The van der Waals surface area contributed by atoms with E-state index in [1.807, 2.05) is 0 Å². The van der Waals surface area contributed by atoms with E-state index in [1.54, 1.807) is 24.3 Å². The molecule has 2 rings (SSSR count). The largest absolute Gasteiger partial charge is 0.486 e. The van der Waals surface area contributed by atoms with Crippen molar-refractivity contribution in [1.29, 1.82) is 0 Å². The number of halogens is 3. The van der Waals surface area contributed by atoms with Gasteiger partial charge in [-0.2, -0.15) is 4.39 Å². The fourth-order valence-corrected chi connectivity index (χ4v) is 1.87. The van der Waals surface area contributed by atoms with E-state index in [0.717, 1.165) is 11.6 Å². The van der Waals surface area contributed by atoms with Crippen molar-refractivity contribution < 1.29 is 13.5 Å². The maximum Gasteiger partial charge on any atom is 0.200 e. The van der Waals surface area contributed by atoms with Gasteiger partial charge in [0.15, 0.2) is 11.6 Å². The highest BCUT2D eigenvalue weighted by atomic mass is 79.9. The van der Waals surface area contributed by atoms with Crippen LogP contribution in [-0.2, 0) is 6.61 Å². The Morgan fingerprint density at radius 3 is 2.61 bits per heavy atom. The molecule has 0 fully saturated rings. The molecular formula is C13H10BrF2NO. The maximum absolute atomic E-state index is 13.4. The summed E-state index contributed by atoms with van der Waals surface area (Å²) in [6.45, 7) is 0.0828. The van der Waals surface area contributed by atoms with Crippen molar-refractivity contribution in [2.24, 2.45) is 0 Å². The molecule has 0 amide bonds. The Balaban J connectivity index is 2.18. The molecule has 0 aliphatic carbocycles. The van der Waals surface area contributed by atoms with Crippen LogP contribution in [0.5, 0.6) is 5.75 Å². The lowest BCUT2D eigenvalue weighted by Crippen LogP contribution is -2.02. The van der Waals surface area contributed by atoms with Gasteiger partial charge in [-0.05, 0) is 18.2 Å². The van der Waals surface area contributed by atoms with Crippen LogP contribution >= 0.6 is 15.9 Å². The minimum absolute atomic E-state index is 0.0828. The number of anilines is 1. The zero-order chi connectivity index (χ0) is 13.1. The second kappa shape index (κ2) is 5.35. The van der Waals surface area contributed by atoms with Gasteiger partial charge in [-0.25, -0.2) is 4.39 Å². The molecule has 5 heteroatoms. The monoisotopic (exact) mass is 313 g/mol. The van der Waals surface area contributed by atoms with Crippen LogP contribution in [-0.4, -0.2) is 0 Å². The Hall–Kier alpha value is -1.62. The molecule has 0 spiro atoms. The van der Waals surface area contributed by atoms with Crippen LogP contribution in [0.2, 0.25) is 0 Å². The second-order valence-corrected chi connectivity index (χ2v) is 4.60. The van der Waals surface area contributed by atoms with Gasteiger partial charge in [-0.3, -0.25) is 0 Å². The molecule has 0 aliphatic rings. The highest BCUT2D eigenvalue weighted by Gasteiger charge is 2.11. The highest BCUT2D eigenvalue weighted by molar-refractivity contribution is 9.10. The number of nitrogen functional groups attached to an aromatic ring is 1. The van der Waals surface area contributed by atoms with E-state index in [9.17, 15) is 8.78 Å². The summed E-state index contributed by atoms with van der Waals surface area (Å²) in [4.78, 5) is 0. The van der Waals surface area contributed by atoms with Crippen LogP contribution in [0, 0.1) is 11.6 Å². The molecule has 0 aliphatic heterocycles. The molecule has 2 aromatic carbocycles. The maximum atomic E-state index is 13.4. The molecule has 0 saturated carbocycles. The molecule has 2 nitrogen and oxygen atoms in total. The van der Waals surface area contributed by atoms with Gasteiger partial charge in [0.05, 0.1) is 0 Å². The molecule has 0 bridgehead atoms. The second-order valence-electron chi connectivity index (χ2n) is 3.69. The first-order valence-corrected chi connectivity index (χ1v) is 5.98. The topological polar surface area (TPSA) is 35.2 Å². The Morgan fingerprint density at radius 1 is 1.17 bits per heavy atom. The predicted molar refractivity (Wildman–Crippen MR) is 69.2 cm³/mol. The lowest BCUT2D eigenvalue weighted by atomic mass is 10.2. The normalized spacial score (nSPS) is 10.4. The van der Waals surface area contributed by atoms with Gasteiger partial charge in [0, 0.05) is 15.7 Å². The molecule has 0 aromatic heterocycles. The first-order chi connectivity index (χ1) is 8.58. The van der Waals surface area contributed by atoms with Crippen molar-refractivity contribution in [1.82, 2.24) is 0 Å². The molecule has 2 aromatic rings. The fraction of sp³-hybridized carbons (Fsp3) is 0.0769. The van der Waals surface area contributed by atoms with Crippen LogP contribution in [0.4, 0.5) is 14.5 Å². The van der Waals surface area contributed by atoms with Gasteiger partial charge in [0.1, 0.15) is 6.61 Å². The van der Waals surface area contributed by atoms with E-state index in [1.165, 1.54) is 6.07 Å². The van der Waals surface area contributed by atoms with E-state index in [0.29, 0.717) is 10.2 Å². The average molecular weight is 314 g/mol. The number of para-hydroxylation sites is 1. The number of hydrogen-bond donors (Lipinski definition) is 1. The molecule has 0 unspecified atom stereocenters. The first kappa shape index (κ1) is 12.8. The zero-order valence-corrected chi connectivity index (χ0v) is 10.9. The van der Waals surface area contributed by atoms with Crippen molar-refractivity contribution in [2.75, 3.05) is 5.73 Å². The van der Waals surface area contributed by atoms with Crippen molar-refractivity contribution >= 4 is 21.6 Å². The van der Waals surface area contributed by atoms with E-state index < -0.39 is 11.6 Å². The average Bonchev–Trinajstić information content (AvgIpc) is 2.33. The van der Waals surface area contributed by atoms with E-state index in [-0.39, 0.29) is 12.4 Å². The van der Waals surface area contributed by atoms with Gasteiger partial charge in [-0.15, -0.1) is 0 Å². The van der Waals surface area contributed by atoms with E-state index in [4.69, 9.17) is 10.5 Å². The summed E-state index contributed by atoms with van der Waals surface area (Å²) in [5, 5.41) is 0. The Labute approximate surface area is 112 Å². The zero-order valence-electron chi connectivity index (χ0n) is 9.29. The number of nitrogens with two attached hydrogens (primary N) is 1. The molecule has 0 atom stereocenters. The summed E-state index contributed by atoms with van der Waals surface area (Å²) < 4.78 is 32.2. The van der Waals surface area contributed by atoms with Gasteiger partial charge in [0.2, 0.25) is 5.82 Å². The number of benzene rings is 2. The standard InChI is InChI=1S/C13H10BrF2NO/c14-9-5-10(15)13(16)12(6-9)18-7-8-3-1-2-4-11(8)17/h1-6H,7,17H2. The molecule has 0 heterocycles. The van der Waals surface area contributed by atoms with Crippen LogP contribution in [0.25, 0.3) is 0 Å². The molecule has 0 saturated heterocycles. The Morgan fingerprint density at radius 2 is 1.89 bits per heavy atom. The van der Waals surface area contributed by atoms with Gasteiger partial charge >= 0.3 is 0 Å². The number of rotatable bonds is 3. The first-order valence-electron chi connectivity index (χ1n) is 5.18. The van der Waals surface area contributed by atoms with Gasteiger partial charge in [-0.1, -0.05) is 34.1 Å². The molecule has 2 N–H and O–H groups in total. The lowest BCUT2D eigenvalue weighted by Gasteiger charge is -2.10. The summed E-state index contributed by atoms with van der Waals surface area (Å²) in [6, 6.07) is 9.49.